The van der Waals surface area contributed by atoms with E-state index in [-0.39, 0.29) is 12.1 Å². The molecule has 0 spiro atoms. The van der Waals surface area contributed by atoms with E-state index in [2.05, 4.69) is 4.74 Å². The molecule has 0 aliphatic carbocycles. The third kappa shape index (κ3) is 2.68. The quantitative estimate of drug-likeness (QED) is 0.428. The molecular formula is C9H5F5O2. The molecule has 0 unspecified atom stereocenters. The normalized spacial score (nSPS) is 11.4. The van der Waals surface area contributed by atoms with Crippen molar-refractivity contribution in [2.75, 3.05) is 0 Å². The second kappa shape index (κ2) is 4.07. The van der Waals surface area contributed by atoms with Gasteiger partial charge in [0.05, 0.1) is 5.56 Å². The van der Waals surface area contributed by atoms with Gasteiger partial charge in [-0.05, 0) is 12.1 Å². The number of rotatable bonds is 1. The molecular weight excluding hydrogens is 235 g/mol. The lowest BCUT2D eigenvalue weighted by atomic mass is 10.2. The summed E-state index contributed by atoms with van der Waals surface area (Å²) in [7, 11) is 0. The Morgan fingerprint density at radius 2 is 1.62 bits per heavy atom. The number of benzene rings is 1. The summed E-state index contributed by atoms with van der Waals surface area (Å²) in [5.74, 6) is -5.33. The summed E-state index contributed by atoms with van der Waals surface area (Å²) < 4.78 is 66.4. The Morgan fingerprint density at radius 3 is 1.94 bits per heavy atom. The van der Waals surface area contributed by atoms with Crippen LogP contribution in [0.15, 0.2) is 12.1 Å². The molecule has 7 heteroatoms. The third-order valence-electron chi connectivity index (χ3n) is 1.57. The monoisotopic (exact) mass is 240 g/mol. The molecule has 1 aromatic carbocycles. The van der Waals surface area contributed by atoms with Crippen molar-refractivity contribution in [1.29, 1.82) is 0 Å². The van der Waals surface area contributed by atoms with E-state index < -0.39 is 35.1 Å². The maximum atomic E-state index is 13.0. The van der Waals surface area contributed by atoms with E-state index in [1.54, 1.807) is 0 Å². The number of carbonyl (C=O) groups excluding carboxylic acids is 1. The molecule has 0 atom stereocenters. The predicted molar refractivity (Wildman–Crippen MR) is 42.7 cm³/mol. The van der Waals surface area contributed by atoms with Gasteiger partial charge in [0.1, 0.15) is 0 Å². The average Bonchev–Trinajstić information content (AvgIpc) is 2.09. The molecule has 0 radical (unpaired) electrons. The Kier molecular flexibility index (Phi) is 3.16. The molecule has 1 rings (SSSR count). The van der Waals surface area contributed by atoms with Crippen molar-refractivity contribution >= 4 is 5.97 Å². The van der Waals surface area contributed by atoms with Crippen molar-refractivity contribution in [3.63, 3.8) is 0 Å². The molecule has 0 aromatic heterocycles. The zero-order valence-electron chi connectivity index (χ0n) is 7.86. The lowest BCUT2D eigenvalue weighted by molar-refractivity contribution is -0.138. The van der Waals surface area contributed by atoms with Gasteiger partial charge in [-0.15, -0.1) is 0 Å². The largest absolute Gasteiger partial charge is 0.420 e. The molecule has 16 heavy (non-hydrogen) atoms. The lowest BCUT2D eigenvalue weighted by Gasteiger charge is -2.09. The minimum absolute atomic E-state index is 0.0569. The van der Waals surface area contributed by atoms with Gasteiger partial charge in [0.2, 0.25) is 5.75 Å². The summed E-state index contributed by atoms with van der Waals surface area (Å²) >= 11 is 0. The first-order chi connectivity index (χ1) is 7.21. The highest BCUT2D eigenvalue weighted by Gasteiger charge is 2.33. The summed E-state index contributed by atoms with van der Waals surface area (Å²) in [6, 6.07) is 0.114. The lowest BCUT2D eigenvalue weighted by Crippen LogP contribution is -2.10. The van der Waals surface area contributed by atoms with Crippen LogP contribution in [0.2, 0.25) is 0 Å². The van der Waals surface area contributed by atoms with E-state index in [0.29, 0.717) is 0 Å². The minimum atomic E-state index is -4.86. The molecule has 0 saturated heterocycles. The van der Waals surface area contributed by atoms with Crippen LogP contribution in [0.25, 0.3) is 0 Å². The van der Waals surface area contributed by atoms with Gasteiger partial charge in [-0.1, -0.05) is 0 Å². The zero-order valence-corrected chi connectivity index (χ0v) is 7.86. The number of ether oxygens (including phenoxy) is 1. The van der Waals surface area contributed by atoms with Gasteiger partial charge in [-0.25, -0.2) is 8.78 Å². The maximum absolute atomic E-state index is 13.0. The summed E-state index contributed by atoms with van der Waals surface area (Å²) in [6.45, 7) is 0.872. The number of hydrogen-bond acceptors (Lipinski definition) is 2. The Hall–Kier alpha value is -1.66. The van der Waals surface area contributed by atoms with Crippen molar-refractivity contribution in [1.82, 2.24) is 0 Å². The summed E-state index contributed by atoms with van der Waals surface area (Å²) in [5.41, 5.74) is -1.49. The van der Waals surface area contributed by atoms with E-state index in [0.717, 1.165) is 6.92 Å². The van der Waals surface area contributed by atoms with Crippen LogP contribution in [0.1, 0.15) is 12.5 Å². The van der Waals surface area contributed by atoms with Crippen molar-refractivity contribution in [2.24, 2.45) is 0 Å². The van der Waals surface area contributed by atoms with Gasteiger partial charge in [0, 0.05) is 6.92 Å². The van der Waals surface area contributed by atoms with E-state index in [1.165, 1.54) is 0 Å². The summed E-state index contributed by atoms with van der Waals surface area (Å²) in [4.78, 5) is 10.4. The average molecular weight is 240 g/mol. The van der Waals surface area contributed by atoms with Crippen molar-refractivity contribution in [3.8, 4) is 5.75 Å². The molecule has 0 saturated carbocycles. The Balaban J connectivity index is 3.23. The van der Waals surface area contributed by atoms with Gasteiger partial charge in [-0.3, -0.25) is 4.79 Å². The molecule has 0 heterocycles. The fourth-order valence-electron chi connectivity index (χ4n) is 0.965. The zero-order chi connectivity index (χ0) is 12.5. The van der Waals surface area contributed by atoms with Crippen LogP contribution in [0.3, 0.4) is 0 Å². The third-order valence-corrected chi connectivity index (χ3v) is 1.57. The Morgan fingerprint density at radius 1 is 1.19 bits per heavy atom. The predicted octanol–water partition coefficient (Wildman–Crippen LogP) is 2.91. The second-order valence-corrected chi connectivity index (χ2v) is 2.86. The molecule has 0 fully saturated rings. The highest BCUT2D eigenvalue weighted by molar-refractivity contribution is 5.69. The van der Waals surface area contributed by atoms with E-state index in [1.807, 2.05) is 0 Å². The fraction of sp³-hybridized carbons (Fsp3) is 0.222. The molecule has 0 N–H and O–H groups in total. The minimum Gasteiger partial charge on any atom is -0.420 e. The Bertz CT molecular complexity index is 401. The van der Waals surface area contributed by atoms with E-state index in [4.69, 9.17) is 0 Å². The smallest absolute Gasteiger partial charge is 0.416 e. The van der Waals surface area contributed by atoms with E-state index >= 15 is 0 Å². The number of esters is 1. The molecule has 0 aliphatic rings. The van der Waals surface area contributed by atoms with Crippen LogP contribution in [0, 0.1) is 11.6 Å². The molecule has 2 nitrogen and oxygen atoms in total. The van der Waals surface area contributed by atoms with Crippen LogP contribution < -0.4 is 4.74 Å². The molecule has 88 valence electrons. The maximum Gasteiger partial charge on any atom is 0.416 e. The summed E-state index contributed by atoms with van der Waals surface area (Å²) in [6.07, 6.45) is -4.86. The second-order valence-electron chi connectivity index (χ2n) is 2.86. The summed E-state index contributed by atoms with van der Waals surface area (Å²) in [5, 5.41) is 0. The fourth-order valence-corrected chi connectivity index (χ4v) is 0.965. The van der Waals surface area contributed by atoms with Crippen molar-refractivity contribution in [3.05, 3.63) is 29.3 Å². The first kappa shape index (κ1) is 12.4. The highest BCUT2D eigenvalue weighted by atomic mass is 19.4. The molecule has 0 bridgehead atoms. The van der Waals surface area contributed by atoms with Gasteiger partial charge in [0.15, 0.2) is 11.6 Å². The van der Waals surface area contributed by atoms with Crippen LogP contribution in [-0.2, 0) is 11.0 Å². The van der Waals surface area contributed by atoms with Crippen LogP contribution in [-0.4, -0.2) is 5.97 Å². The molecule has 0 aliphatic heterocycles. The van der Waals surface area contributed by atoms with Crippen LogP contribution >= 0.6 is 0 Å². The van der Waals surface area contributed by atoms with Gasteiger partial charge in [-0.2, -0.15) is 13.2 Å². The first-order valence-corrected chi connectivity index (χ1v) is 3.96. The number of alkyl halides is 3. The standard InChI is InChI=1S/C9H5F5O2/c1-4(15)16-8-6(10)2-5(3-7(8)11)9(12,13)14/h2-3H,1H3. The van der Waals surface area contributed by atoms with Gasteiger partial charge >= 0.3 is 12.1 Å². The number of halogens is 5. The molecule has 1 aromatic rings. The Labute approximate surface area is 86.6 Å². The van der Waals surface area contributed by atoms with Crippen LogP contribution in [0.4, 0.5) is 22.0 Å². The first-order valence-electron chi connectivity index (χ1n) is 3.96. The van der Waals surface area contributed by atoms with Crippen molar-refractivity contribution in [2.45, 2.75) is 13.1 Å². The van der Waals surface area contributed by atoms with Gasteiger partial charge < -0.3 is 4.74 Å². The van der Waals surface area contributed by atoms with E-state index in [9.17, 15) is 26.7 Å². The molecule has 0 amide bonds. The topological polar surface area (TPSA) is 26.3 Å². The van der Waals surface area contributed by atoms with Crippen LogP contribution in [0.5, 0.6) is 5.75 Å². The van der Waals surface area contributed by atoms with Gasteiger partial charge in [0.25, 0.3) is 0 Å². The highest BCUT2D eigenvalue weighted by Crippen LogP contribution is 2.33. The SMILES string of the molecule is CC(=O)Oc1c(F)cc(C(F)(F)F)cc1F. The number of carbonyl (C=O) groups is 1. The van der Waals surface area contributed by atoms with Crippen molar-refractivity contribution < 1.29 is 31.5 Å². The number of hydrogen-bond donors (Lipinski definition) is 0.